The molecular formula is C14H10Br2F2O. The van der Waals surface area contributed by atoms with Crippen LogP contribution in [0.2, 0.25) is 0 Å². The van der Waals surface area contributed by atoms with Crippen LogP contribution in [0.3, 0.4) is 0 Å². The lowest BCUT2D eigenvalue weighted by atomic mass is 9.99. The molecule has 0 aromatic heterocycles. The molecule has 0 heterocycles. The fraction of sp³-hybridized carbons (Fsp3) is 0.143. The largest absolute Gasteiger partial charge is 0.384 e. The maximum atomic E-state index is 13.8. The molecule has 5 heteroatoms. The van der Waals surface area contributed by atoms with Crippen LogP contribution in [-0.4, -0.2) is 5.11 Å². The number of hydrogen-bond donors (Lipinski definition) is 1. The van der Waals surface area contributed by atoms with Crippen molar-refractivity contribution < 1.29 is 13.9 Å². The second kappa shape index (κ2) is 5.69. The zero-order valence-corrected chi connectivity index (χ0v) is 13.1. The number of halogens is 4. The number of rotatable bonds is 2. The lowest BCUT2D eigenvalue weighted by Gasteiger charge is -2.15. The maximum absolute atomic E-state index is 13.8. The Morgan fingerprint density at radius 2 is 1.68 bits per heavy atom. The SMILES string of the molecule is Cc1cc(C(O)c2cc(Br)ccc2Br)c(F)cc1F. The molecule has 100 valence electrons. The van der Waals surface area contributed by atoms with E-state index >= 15 is 0 Å². The summed E-state index contributed by atoms with van der Waals surface area (Å²) < 4.78 is 28.4. The van der Waals surface area contributed by atoms with Crippen LogP contribution in [0.1, 0.15) is 22.8 Å². The summed E-state index contributed by atoms with van der Waals surface area (Å²) in [6, 6.07) is 7.35. The predicted octanol–water partition coefficient (Wildman–Crippen LogP) is 4.88. The van der Waals surface area contributed by atoms with E-state index in [0.29, 0.717) is 15.6 Å². The van der Waals surface area contributed by atoms with E-state index in [9.17, 15) is 13.9 Å². The molecule has 2 aromatic rings. The van der Waals surface area contributed by atoms with E-state index in [1.165, 1.54) is 13.0 Å². The highest BCUT2D eigenvalue weighted by Crippen LogP contribution is 2.32. The Hall–Kier alpha value is -0.780. The molecule has 1 N–H and O–H groups in total. The molecule has 0 saturated heterocycles. The van der Waals surface area contributed by atoms with Crippen molar-refractivity contribution in [2.45, 2.75) is 13.0 Å². The molecule has 0 aliphatic carbocycles. The summed E-state index contributed by atoms with van der Waals surface area (Å²) in [5.74, 6) is -1.38. The molecule has 0 spiro atoms. The van der Waals surface area contributed by atoms with Crippen LogP contribution in [0.15, 0.2) is 39.3 Å². The summed E-state index contributed by atoms with van der Waals surface area (Å²) in [7, 11) is 0. The molecule has 0 aliphatic rings. The third-order valence-corrected chi connectivity index (χ3v) is 4.04. The van der Waals surface area contributed by atoms with Crippen molar-refractivity contribution >= 4 is 31.9 Å². The molecular weight excluding hydrogens is 382 g/mol. The van der Waals surface area contributed by atoms with Gasteiger partial charge in [0.2, 0.25) is 0 Å². The molecule has 1 unspecified atom stereocenters. The summed E-state index contributed by atoms with van der Waals surface area (Å²) in [6.07, 6.45) is -1.16. The number of aryl methyl sites for hydroxylation is 1. The van der Waals surface area contributed by atoms with Crippen molar-refractivity contribution in [3.05, 3.63) is 67.6 Å². The minimum Gasteiger partial charge on any atom is -0.384 e. The highest BCUT2D eigenvalue weighted by Gasteiger charge is 2.19. The molecule has 2 aromatic carbocycles. The number of aliphatic hydroxyl groups is 1. The maximum Gasteiger partial charge on any atom is 0.132 e. The van der Waals surface area contributed by atoms with Crippen molar-refractivity contribution in [3.8, 4) is 0 Å². The summed E-state index contributed by atoms with van der Waals surface area (Å²) in [4.78, 5) is 0. The first kappa shape index (κ1) is 14.6. The fourth-order valence-electron chi connectivity index (χ4n) is 1.78. The lowest BCUT2D eigenvalue weighted by molar-refractivity contribution is 0.213. The minimum absolute atomic E-state index is 0.0534. The van der Waals surface area contributed by atoms with Crippen LogP contribution in [0.4, 0.5) is 8.78 Å². The quantitative estimate of drug-likeness (QED) is 0.773. The number of aliphatic hydroxyl groups excluding tert-OH is 1. The Bertz CT molecular complexity index is 629. The van der Waals surface area contributed by atoms with Gasteiger partial charge in [0.05, 0.1) is 0 Å². The van der Waals surface area contributed by atoms with Crippen LogP contribution in [0.25, 0.3) is 0 Å². The molecule has 0 fully saturated rings. The number of benzene rings is 2. The van der Waals surface area contributed by atoms with Crippen LogP contribution in [0.5, 0.6) is 0 Å². The van der Waals surface area contributed by atoms with E-state index in [1.807, 2.05) is 0 Å². The van der Waals surface area contributed by atoms with E-state index in [1.54, 1.807) is 18.2 Å². The van der Waals surface area contributed by atoms with Gasteiger partial charge in [-0.05, 0) is 36.8 Å². The van der Waals surface area contributed by atoms with Gasteiger partial charge in [-0.1, -0.05) is 31.9 Å². The van der Waals surface area contributed by atoms with Gasteiger partial charge in [0.1, 0.15) is 17.7 Å². The van der Waals surface area contributed by atoms with Crippen LogP contribution in [0, 0.1) is 18.6 Å². The summed E-state index contributed by atoms with van der Waals surface area (Å²) >= 11 is 6.60. The van der Waals surface area contributed by atoms with E-state index in [2.05, 4.69) is 31.9 Å². The second-order valence-electron chi connectivity index (χ2n) is 4.19. The smallest absolute Gasteiger partial charge is 0.132 e. The monoisotopic (exact) mass is 390 g/mol. The summed E-state index contributed by atoms with van der Waals surface area (Å²) in [5, 5.41) is 10.3. The van der Waals surface area contributed by atoms with E-state index < -0.39 is 17.7 Å². The van der Waals surface area contributed by atoms with Gasteiger partial charge in [-0.3, -0.25) is 0 Å². The molecule has 0 aliphatic heterocycles. The Balaban J connectivity index is 2.52. The lowest BCUT2D eigenvalue weighted by Crippen LogP contribution is -2.05. The summed E-state index contributed by atoms with van der Waals surface area (Å²) in [6.45, 7) is 1.53. The molecule has 1 nitrogen and oxygen atoms in total. The molecule has 0 radical (unpaired) electrons. The van der Waals surface area contributed by atoms with Crippen molar-refractivity contribution in [1.82, 2.24) is 0 Å². The summed E-state index contributed by atoms with van der Waals surface area (Å²) in [5.41, 5.74) is 0.860. The zero-order chi connectivity index (χ0) is 14.2. The molecule has 2 rings (SSSR count). The normalized spacial score (nSPS) is 12.5. The number of hydrogen-bond acceptors (Lipinski definition) is 1. The second-order valence-corrected chi connectivity index (χ2v) is 5.96. The first-order chi connectivity index (χ1) is 8.90. The Kier molecular flexibility index (Phi) is 4.38. The first-order valence-corrected chi connectivity index (χ1v) is 7.07. The van der Waals surface area contributed by atoms with E-state index in [0.717, 1.165) is 10.5 Å². The average Bonchev–Trinajstić information content (AvgIpc) is 2.36. The molecule has 0 saturated carbocycles. The minimum atomic E-state index is -1.16. The van der Waals surface area contributed by atoms with E-state index in [-0.39, 0.29) is 5.56 Å². The Labute approximate surface area is 126 Å². The third-order valence-electron chi connectivity index (χ3n) is 2.83. The van der Waals surface area contributed by atoms with Crippen LogP contribution >= 0.6 is 31.9 Å². The molecule has 0 amide bonds. The molecule has 0 bridgehead atoms. The van der Waals surface area contributed by atoms with Crippen LogP contribution < -0.4 is 0 Å². The third kappa shape index (κ3) is 3.04. The van der Waals surface area contributed by atoms with Gasteiger partial charge in [0.25, 0.3) is 0 Å². The fourth-order valence-corrected chi connectivity index (χ4v) is 2.62. The van der Waals surface area contributed by atoms with Crippen molar-refractivity contribution in [1.29, 1.82) is 0 Å². The molecule has 1 atom stereocenters. The highest BCUT2D eigenvalue weighted by molar-refractivity contribution is 9.11. The van der Waals surface area contributed by atoms with Gasteiger partial charge in [0.15, 0.2) is 0 Å². The topological polar surface area (TPSA) is 20.2 Å². The van der Waals surface area contributed by atoms with Gasteiger partial charge >= 0.3 is 0 Å². The van der Waals surface area contributed by atoms with Gasteiger partial charge < -0.3 is 5.11 Å². The Morgan fingerprint density at radius 3 is 2.37 bits per heavy atom. The van der Waals surface area contributed by atoms with Gasteiger partial charge in [-0.25, -0.2) is 8.78 Å². The van der Waals surface area contributed by atoms with Crippen molar-refractivity contribution in [2.24, 2.45) is 0 Å². The van der Waals surface area contributed by atoms with Gasteiger partial charge in [0, 0.05) is 26.1 Å². The van der Waals surface area contributed by atoms with E-state index in [4.69, 9.17) is 0 Å². The molecule has 19 heavy (non-hydrogen) atoms. The van der Waals surface area contributed by atoms with Gasteiger partial charge in [-0.2, -0.15) is 0 Å². The van der Waals surface area contributed by atoms with Crippen LogP contribution in [-0.2, 0) is 0 Å². The first-order valence-electron chi connectivity index (χ1n) is 5.48. The van der Waals surface area contributed by atoms with Crippen molar-refractivity contribution in [3.63, 3.8) is 0 Å². The Morgan fingerprint density at radius 1 is 1.00 bits per heavy atom. The van der Waals surface area contributed by atoms with Crippen molar-refractivity contribution in [2.75, 3.05) is 0 Å². The standard InChI is InChI=1S/C14H10Br2F2O/c1-7-4-10(13(18)6-12(7)17)14(19)9-5-8(15)2-3-11(9)16/h2-6,14,19H,1H3. The average molecular weight is 392 g/mol. The predicted molar refractivity (Wildman–Crippen MR) is 77.0 cm³/mol. The zero-order valence-electron chi connectivity index (χ0n) is 9.92. The van der Waals surface area contributed by atoms with Gasteiger partial charge in [-0.15, -0.1) is 0 Å². The highest BCUT2D eigenvalue weighted by atomic mass is 79.9.